The molecule has 2 heterocycles. The van der Waals surface area contributed by atoms with E-state index < -0.39 is 22.9 Å². The first-order chi connectivity index (χ1) is 19.3. The van der Waals surface area contributed by atoms with E-state index in [1.807, 2.05) is 48.0 Å². The third-order valence-corrected chi connectivity index (χ3v) is 10.4. The summed E-state index contributed by atoms with van der Waals surface area (Å²) in [6.07, 6.45) is 9.22. The Morgan fingerprint density at radius 2 is 1.85 bits per heavy atom. The van der Waals surface area contributed by atoms with Crippen LogP contribution in [0.2, 0.25) is 0 Å². The van der Waals surface area contributed by atoms with Gasteiger partial charge < -0.3 is 20.3 Å². The molecule has 8 nitrogen and oxygen atoms in total. The molecule has 0 radical (unpaired) electrons. The monoisotopic (exact) mass is 568 g/mol. The molecule has 1 saturated carbocycles. The Labute approximate surface area is 239 Å². The van der Waals surface area contributed by atoms with E-state index in [-0.39, 0.29) is 5.91 Å². The molecule has 0 unspecified atom stereocenters. The van der Waals surface area contributed by atoms with Crippen LogP contribution >= 0.6 is 10.8 Å². The number of carbonyl (C=O) groups is 1. The van der Waals surface area contributed by atoms with Gasteiger partial charge in [0.2, 0.25) is 0 Å². The summed E-state index contributed by atoms with van der Waals surface area (Å²) in [6.45, 7) is 3.02. The van der Waals surface area contributed by atoms with Crippen molar-refractivity contribution < 1.29 is 19.0 Å². The maximum Gasteiger partial charge on any atom is 0.251 e. The van der Waals surface area contributed by atoms with E-state index in [9.17, 15) is 19.0 Å². The van der Waals surface area contributed by atoms with Crippen LogP contribution in [0.25, 0.3) is 10.9 Å². The van der Waals surface area contributed by atoms with Crippen LogP contribution in [-0.2, 0) is 19.9 Å². The smallest absolute Gasteiger partial charge is 0.251 e. The van der Waals surface area contributed by atoms with Crippen molar-refractivity contribution in [3.8, 4) is 0 Å². The molecule has 218 valence electrons. The SMILES string of the molecule is CCc1cn(C)c2c(N3CCCS3(O)O)cc(C(=O)N[C@@H](Cc3ccccc3)[C@H](O)CNC3CCCCC3)cc12. The minimum Gasteiger partial charge on any atom is -0.390 e. The quantitative estimate of drug-likeness (QED) is 0.229. The molecular weight excluding hydrogens is 524 g/mol. The predicted molar refractivity (Wildman–Crippen MR) is 164 cm³/mol. The first-order valence-corrected chi connectivity index (χ1v) is 16.4. The Kier molecular flexibility index (Phi) is 9.07. The number of aliphatic hydroxyl groups excluding tert-OH is 1. The van der Waals surface area contributed by atoms with E-state index in [2.05, 4.69) is 23.8 Å². The van der Waals surface area contributed by atoms with Crippen LogP contribution < -0.4 is 14.9 Å². The lowest BCUT2D eigenvalue weighted by atomic mass is 9.94. The lowest BCUT2D eigenvalue weighted by molar-refractivity contribution is 0.0821. The molecule has 1 aromatic heterocycles. The lowest BCUT2D eigenvalue weighted by Gasteiger charge is -2.38. The van der Waals surface area contributed by atoms with Gasteiger partial charge >= 0.3 is 0 Å². The Morgan fingerprint density at radius 3 is 2.52 bits per heavy atom. The van der Waals surface area contributed by atoms with Gasteiger partial charge in [-0.1, -0.05) is 56.5 Å². The van der Waals surface area contributed by atoms with E-state index in [0.29, 0.717) is 49.0 Å². The highest BCUT2D eigenvalue weighted by Gasteiger charge is 2.32. The van der Waals surface area contributed by atoms with Gasteiger partial charge in [-0.25, -0.2) is 0 Å². The molecule has 3 aromatic rings. The van der Waals surface area contributed by atoms with Gasteiger partial charge in [-0.05, 0) is 55.4 Å². The zero-order valence-electron chi connectivity index (χ0n) is 23.7. The second-order valence-corrected chi connectivity index (χ2v) is 13.5. The van der Waals surface area contributed by atoms with Crippen molar-refractivity contribution in [3.05, 3.63) is 65.4 Å². The number of hydrogen-bond acceptors (Lipinski definition) is 6. The summed E-state index contributed by atoms with van der Waals surface area (Å²) < 4.78 is 25.3. The van der Waals surface area contributed by atoms with E-state index in [0.717, 1.165) is 41.3 Å². The van der Waals surface area contributed by atoms with Crippen molar-refractivity contribution in [1.29, 1.82) is 0 Å². The molecule has 2 aliphatic rings. The number of anilines is 1. The lowest BCUT2D eigenvalue weighted by Crippen LogP contribution is -2.50. The van der Waals surface area contributed by atoms with Crippen molar-refractivity contribution >= 4 is 33.3 Å². The Hall–Kier alpha value is -2.56. The standard InChI is InChI=1S/C31H44N4O4S/c1-3-23-21-34(2)30-26(23)18-24(19-28(30)35-15-10-16-40(35,38)39)31(37)33-27(17-22-11-6-4-7-12-22)29(36)20-32-25-13-8-5-9-14-25/h4,6-7,11-12,18-19,21,25,27,29,32,36,38-39H,3,5,8-10,13-17,20H2,1-2H3,(H,33,37)/t27-,29+/m0/s1. The Bertz CT molecular complexity index is 1310. The first-order valence-electron chi connectivity index (χ1n) is 14.7. The molecule has 1 amide bonds. The molecule has 1 aliphatic carbocycles. The summed E-state index contributed by atoms with van der Waals surface area (Å²) >= 11 is 0. The molecule has 0 bridgehead atoms. The summed E-state index contributed by atoms with van der Waals surface area (Å²) in [5, 5.41) is 18.9. The van der Waals surface area contributed by atoms with E-state index in [1.165, 1.54) is 19.3 Å². The van der Waals surface area contributed by atoms with E-state index >= 15 is 0 Å². The van der Waals surface area contributed by atoms with Gasteiger partial charge in [0.25, 0.3) is 5.91 Å². The fourth-order valence-corrected chi connectivity index (χ4v) is 7.89. The largest absolute Gasteiger partial charge is 0.390 e. The fourth-order valence-electron chi connectivity index (χ4n) is 6.28. The molecule has 1 saturated heterocycles. The third kappa shape index (κ3) is 6.34. The second kappa shape index (κ2) is 12.5. The topological polar surface area (TPSA) is 110 Å². The number of aliphatic hydroxyl groups is 1. The molecule has 0 spiro atoms. The number of amides is 1. The third-order valence-electron chi connectivity index (χ3n) is 8.48. The highest BCUT2D eigenvalue weighted by molar-refractivity contribution is 8.25. The van der Waals surface area contributed by atoms with Crippen LogP contribution in [0.3, 0.4) is 0 Å². The van der Waals surface area contributed by atoms with Gasteiger partial charge in [0, 0.05) is 43.3 Å². The molecule has 5 N–H and O–H groups in total. The maximum absolute atomic E-state index is 13.8. The highest BCUT2D eigenvalue weighted by Crippen LogP contribution is 2.52. The number of benzene rings is 2. The highest BCUT2D eigenvalue weighted by atomic mass is 32.3. The zero-order valence-corrected chi connectivity index (χ0v) is 24.5. The zero-order chi connectivity index (χ0) is 28.3. The van der Waals surface area contributed by atoms with Gasteiger partial charge in [0.1, 0.15) is 0 Å². The summed E-state index contributed by atoms with van der Waals surface area (Å²) in [5.74, 6) is 0.0531. The van der Waals surface area contributed by atoms with Gasteiger partial charge in [-0.15, -0.1) is 10.8 Å². The van der Waals surface area contributed by atoms with Crippen molar-refractivity contribution in [3.63, 3.8) is 0 Å². The second-order valence-electron chi connectivity index (χ2n) is 11.4. The molecule has 40 heavy (non-hydrogen) atoms. The number of hydrogen-bond donors (Lipinski definition) is 5. The molecule has 1 aliphatic heterocycles. The number of nitrogens with zero attached hydrogens (tertiary/aromatic N) is 2. The normalized spacial score (nSPS) is 20.0. The Balaban J connectivity index is 1.44. The summed E-state index contributed by atoms with van der Waals surface area (Å²) in [4.78, 5) is 13.8. The van der Waals surface area contributed by atoms with Gasteiger partial charge in [-0.2, -0.15) is 0 Å². The maximum atomic E-state index is 13.8. The first kappa shape index (κ1) is 29.0. The average molecular weight is 569 g/mol. The van der Waals surface area contributed by atoms with Crippen molar-refractivity contribution in [2.45, 2.75) is 76.5 Å². The summed E-state index contributed by atoms with van der Waals surface area (Å²) in [7, 11) is -0.987. The van der Waals surface area contributed by atoms with Crippen LogP contribution in [-0.4, -0.2) is 61.7 Å². The fraction of sp³-hybridized carbons (Fsp3) is 0.516. The summed E-state index contributed by atoms with van der Waals surface area (Å²) in [6, 6.07) is 13.5. The minimum absolute atomic E-state index is 0.276. The number of carbonyl (C=O) groups excluding carboxylic acids is 1. The molecule has 5 rings (SSSR count). The molecule has 2 atom stereocenters. The molecular formula is C31H44N4O4S. The summed E-state index contributed by atoms with van der Waals surface area (Å²) in [5.41, 5.74) is 4.16. The number of aryl methyl sites for hydroxylation is 2. The molecule has 9 heteroatoms. The van der Waals surface area contributed by atoms with Crippen LogP contribution in [0.15, 0.2) is 48.7 Å². The minimum atomic E-state index is -2.94. The number of fused-ring (bicyclic) bond motifs is 1. The van der Waals surface area contributed by atoms with Crippen LogP contribution in [0.5, 0.6) is 0 Å². The molecule has 2 fully saturated rings. The number of rotatable bonds is 10. The average Bonchev–Trinajstić information content (AvgIpc) is 3.49. The predicted octanol–water partition coefficient (Wildman–Crippen LogP) is 5.24. The van der Waals surface area contributed by atoms with E-state index in [1.54, 1.807) is 10.4 Å². The van der Waals surface area contributed by atoms with E-state index in [4.69, 9.17) is 0 Å². The molecule has 2 aromatic carbocycles. The van der Waals surface area contributed by atoms with Crippen LogP contribution in [0, 0.1) is 0 Å². The number of nitrogens with one attached hydrogen (secondary N) is 2. The Morgan fingerprint density at radius 1 is 1.10 bits per heavy atom. The van der Waals surface area contributed by atoms with Crippen LogP contribution in [0.4, 0.5) is 5.69 Å². The van der Waals surface area contributed by atoms with Gasteiger partial charge in [0.15, 0.2) is 0 Å². The number of aromatic nitrogens is 1. The van der Waals surface area contributed by atoms with Crippen molar-refractivity contribution in [2.75, 3.05) is 23.1 Å². The van der Waals surface area contributed by atoms with Crippen LogP contribution in [0.1, 0.15) is 66.9 Å². The van der Waals surface area contributed by atoms with Gasteiger partial charge in [0.05, 0.1) is 29.1 Å². The van der Waals surface area contributed by atoms with Gasteiger partial charge in [-0.3, -0.25) is 18.2 Å². The van der Waals surface area contributed by atoms with Crippen molar-refractivity contribution in [2.24, 2.45) is 7.05 Å². The van der Waals surface area contributed by atoms with Crippen molar-refractivity contribution in [1.82, 2.24) is 15.2 Å².